The van der Waals surface area contributed by atoms with Crippen LogP contribution in [-0.2, 0) is 0 Å². The summed E-state index contributed by atoms with van der Waals surface area (Å²) in [7, 11) is 0. The Morgan fingerprint density at radius 1 is 1.05 bits per heavy atom. The molecule has 0 aromatic heterocycles. The summed E-state index contributed by atoms with van der Waals surface area (Å²) in [6.07, 6.45) is 2.54. The highest BCUT2D eigenvalue weighted by molar-refractivity contribution is 5.36. The lowest BCUT2D eigenvalue weighted by Gasteiger charge is -2.14. The Morgan fingerprint density at radius 2 is 1.75 bits per heavy atom. The van der Waals surface area contributed by atoms with Gasteiger partial charge in [0.25, 0.3) is 0 Å². The van der Waals surface area contributed by atoms with Crippen LogP contribution in [0.2, 0.25) is 0 Å². The van der Waals surface area contributed by atoms with Gasteiger partial charge in [0.15, 0.2) is 0 Å². The van der Waals surface area contributed by atoms with Crippen LogP contribution in [0.15, 0.2) is 42.5 Å². The molecule has 2 aromatic rings. The fourth-order valence-electron chi connectivity index (χ4n) is 2.07. The van der Waals surface area contributed by atoms with E-state index in [1.54, 1.807) is 0 Å². The van der Waals surface area contributed by atoms with Gasteiger partial charge in [-0.3, -0.25) is 0 Å². The minimum atomic E-state index is -0.629. The molecule has 0 aliphatic heterocycles. The van der Waals surface area contributed by atoms with Gasteiger partial charge < -0.3 is 10.5 Å². The summed E-state index contributed by atoms with van der Waals surface area (Å²) in [6.45, 7) is 0. The summed E-state index contributed by atoms with van der Waals surface area (Å²) in [6, 6.07) is 10.1. The maximum absolute atomic E-state index is 13.7. The highest BCUT2D eigenvalue weighted by atomic mass is 19.1. The van der Waals surface area contributed by atoms with E-state index in [2.05, 4.69) is 0 Å². The van der Waals surface area contributed by atoms with Gasteiger partial charge in [0, 0.05) is 11.6 Å². The fourth-order valence-corrected chi connectivity index (χ4v) is 2.07. The van der Waals surface area contributed by atoms with E-state index in [4.69, 9.17) is 10.5 Å². The highest BCUT2D eigenvalue weighted by Gasteiger charge is 2.23. The first kappa shape index (κ1) is 13.1. The monoisotopic (exact) mass is 275 g/mol. The van der Waals surface area contributed by atoms with Crippen LogP contribution in [0.3, 0.4) is 0 Å². The number of rotatable bonds is 4. The van der Waals surface area contributed by atoms with Gasteiger partial charge in [-0.2, -0.15) is 0 Å². The van der Waals surface area contributed by atoms with E-state index < -0.39 is 17.7 Å². The molecule has 4 heteroatoms. The molecule has 1 aliphatic carbocycles. The number of nitrogens with two attached hydrogens (primary N) is 1. The van der Waals surface area contributed by atoms with Gasteiger partial charge in [0.2, 0.25) is 0 Å². The van der Waals surface area contributed by atoms with Gasteiger partial charge >= 0.3 is 0 Å². The van der Waals surface area contributed by atoms with Crippen LogP contribution in [0.5, 0.6) is 5.75 Å². The molecule has 1 fully saturated rings. The molecule has 1 saturated carbocycles. The molecule has 1 unspecified atom stereocenters. The Hall–Kier alpha value is -1.94. The molecule has 3 rings (SSSR count). The van der Waals surface area contributed by atoms with Crippen molar-refractivity contribution in [3.8, 4) is 5.75 Å². The third-order valence-electron chi connectivity index (χ3n) is 3.36. The number of ether oxygens (including phenoxy) is 1. The van der Waals surface area contributed by atoms with E-state index >= 15 is 0 Å². The zero-order chi connectivity index (χ0) is 14.1. The third kappa shape index (κ3) is 2.80. The molecular formula is C16H15F2NO. The van der Waals surface area contributed by atoms with Crippen LogP contribution in [0.4, 0.5) is 8.78 Å². The van der Waals surface area contributed by atoms with Crippen molar-refractivity contribution >= 4 is 0 Å². The zero-order valence-corrected chi connectivity index (χ0v) is 10.9. The number of hydrogen-bond donors (Lipinski definition) is 1. The Kier molecular flexibility index (Phi) is 3.40. The second kappa shape index (κ2) is 5.21. The van der Waals surface area contributed by atoms with Gasteiger partial charge in [-0.1, -0.05) is 18.2 Å². The van der Waals surface area contributed by atoms with Crippen molar-refractivity contribution in [3.63, 3.8) is 0 Å². The molecule has 104 valence electrons. The molecule has 0 spiro atoms. The van der Waals surface area contributed by atoms with Gasteiger partial charge in [-0.15, -0.1) is 0 Å². The van der Waals surface area contributed by atoms with Crippen molar-refractivity contribution in [2.45, 2.75) is 25.0 Å². The Morgan fingerprint density at radius 3 is 2.35 bits per heavy atom. The van der Waals surface area contributed by atoms with Crippen LogP contribution < -0.4 is 10.5 Å². The quantitative estimate of drug-likeness (QED) is 0.926. The lowest BCUT2D eigenvalue weighted by Crippen LogP contribution is -2.13. The average molecular weight is 275 g/mol. The molecule has 0 radical (unpaired) electrons. The minimum Gasteiger partial charge on any atom is -0.490 e. The van der Waals surface area contributed by atoms with Crippen molar-refractivity contribution < 1.29 is 13.5 Å². The van der Waals surface area contributed by atoms with Crippen molar-refractivity contribution in [2.24, 2.45) is 5.73 Å². The van der Waals surface area contributed by atoms with Crippen molar-refractivity contribution in [2.75, 3.05) is 0 Å². The summed E-state index contributed by atoms with van der Waals surface area (Å²) in [5.41, 5.74) is 7.07. The van der Waals surface area contributed by atoms with Gasteiger partial charge in [0.05, 0.1) is 12.1 Å². The molecule has 2 nitrogen and oxygen atoms in total. The summed E-state index contributed by atoms with van der Waals surface area (Å²) in [4.78, 5) is 0. The molecule has 0 amide bonds. The first-order chi connectivity index (χ1) is 9.63. The molecule has 1 atom stereocenters. The van der Waals surface area contributed by atoms with Crippen molar-refractivity contribution in [3.05, 3.63) is 65.2 Å². The van der Waals surface area contributed by atoms with Gasteiger partial charge in [-0.25, -0.2) is 8.78 Å². The van der Waals surface area contributed by atoms with Gasteiger partial charge in [-0.05, 0) is 36.6 Å². The lowest BCUT2D eigenvalue weighted by molar-refractivity contribution is 0.303. The van der Waals surface area contributed by atoms with E-state index in [1.807, 2.05) is 24.3 Å². The molecule has 0 saturated heterocycles. The Bertz CT molecular complexity index is 608. The summed E-state index contributed by atoms with van der Waals surface area (Å²) in [5.74, 6) is -0.439. The SMILES string of the molecule is NC(c1ccc(OC2CC2)cc1)c1ccc(F)cc1F. The predicted octanol–water partition coefficient (Wildman–Crippen LogP) is 3.55. The van der Waals surface area contributed by atoms with E-state index in [-0.39, 0.29) is 5.56 Å². The van der Waals surface area contributed by atoms with E-state index in [0.717, 1.165) is 30.2 Å². The molecule has 1 aliphatic rings. The number of benzene rings is 2. The zero-order valence-electron chi connectivity index (χ0n) is 10.9. The topological polar surface area (TPSA) is 35.2 Å². The second-order valence-corrected chi connectivity index (χ2v) is 5.03. The largest absolute Gasteiger partial charge is 0.490 e. The molecular weight excluding hydrogens is 260 g/mol. The average Bonchev–Trinajstić information content (AvgIpc) is 3.23. The van der Waals surface area contributed by atoms with Crippen LogP contribution in [0.25, 0.3) is 0 Å². The number of hydrogen-bond acceptors (Lipinski definition) is 2. The first-order valence-electron chi connectivity index (χ1n) is 6.60. The summed E-state index contributed by atoms with van der Waals surface area (Å²) >= 11 is 0. The van der Waals surface area contributed by atoms with Crippen LogP contribution in [-0.4, -0.2) is 6.10 Å². The Labute approximate surface area is 116 Å². The molecule has 20 heavy (non-hydrogen) atoms. The first-order valence-corrected chi connectivity index (χ1v) is 6.60. The highest BCUT2D eigenvalue weighted by Crippen LogP contribution is 2.28. The summed E-state index contributed by atoms with van der Waals surface area (Å²) < 4.78 is 32.2. The fraction of sp³-hybridized carbons (Fsp3) is 0.250. The van der Waals surface area contributed by atoms with Crippen molar-refractivity contribution in [1.82, 2.24) is 0 Å². The second-order valence-electron chi connectivity index (χ2n) is 5.03. The van der Waals surface area contributed by atoms with Gasteiger partial charge in [0.1, 0.15) is 17.4 Å². The minimum absolute atomic E-state index is 0.280. The summed E-state index contributed by atoms with van der Waals surface area (Å²) in [5, 5.41) is 0. The Balaban J connectivity index is 1.80. The predicted molar refractivity (Wildman–Crippen MR) is 72.5 cm³/mol. The molecule has 2 N–H and O–H groups in total. The smallest absolute Gasteiger partial charge is 0.131 e. The third-order valence-corrected chi connectivity index (χ3v) is 3.36. The van der Waals surface area contributed by atoms with Crippen LogP contribution in [0.1, 0.15) is 30.0 Å². The van der Waals surface area contributed by atoms with E-state index in [9.17, 15) is 8.78 Å². The molecule has 0 heterocycles. The van der Waals surface area contributed by atoms with Crippen LogP contribution in [0, 0.1) is 11.6 Å². The van der Waals surface area contributed by atoms with Crippen LogP contribution >= 0.6 is 0 Å². The van der Waals surface area contributed by atoms with E-state index in [0.29, 0.717) is 6.10 Å². The lowest BCUT2D eigenvalue weighted by atomic mass is 9.99. The molecule has 0 bridgehead atoms. The van der Waals surface area contributed by atoms with E-state index in [1.165, 1.54) is 12.1 Å². The maximum atomic E-state index is 13.7. The standard InChI is InChI=1S/C16H15F2NO/c17-11-3-8-14(15(18)9-11)16(19)10-1-4-12(5-2-10)20-13-6-7-13/h1-5,8-9,13,16H,6-7,19H2. The number of halogens is 2. The molecule has 2 aromatic carbocycles. The normalized spacial score (nSPS) is 15.9. The maximum Gasteiger partial charge on any atom is 0.131 e. The van der Waals surface area contributed by atoms with Crippen molar-refractivity contribution in [1.29, 1.82) is 0 Å².